The van der Waals surface area contributed by atoms with E-state index >= 15 is 0 Å². The van der Waals surface area contributed by atoms with Crippen LogP contribution in [0.3, 0.4) is 0 Å². The van der Waals surface area contributed by atoms with Crippen molar-refractivity contribution in [1.82, 2.24) is 20.2 Å². The maximum atomic E-state index is 12.1. The number of hydrogen-bond donors (Lipinski definition) is 2. The molecule has 0 saturated carbocycles. The minimum absolute atomic E-state index is 0.00431. The monoisotopic (exact) mass is 254 g/mol. The van der Waals surface area contributed by atoms with E-state index in [1.54, 1.807) is 0 Å². The Labute approximate surface area is 105 Å². The highest BCUT2D eigenvalue weighted by Gasteiger charge is 2.20. The second-order valence-electron chi connectivity index (χ2n) is 4.30. The molecule has 0 aromatic carbocycles. The second kappa shape index (κ2) is 6.07. The molecule has 1 aromatic rings. The molecule has 1 fully saturated rings. The fourth-order valence-electron chi connectivity index (χ4n) is 2.00. The van der Waals surface area contributed by atoms with E-state index in [4.69, 9.17) is 0 Å². The van der Waals surface area contributed by atoms with Crippen molar-refractivity contribution in [3.05, 3.63) is 10.6 Å². The summed E-state index contributed by atoms with van der Waals surface area (Å²) in [6.07, 6.45) is 3.81. The van der Waals surface area contributed by atoms with Gasteiger partial charge in [0.1, 0.15) is 4.88 Å². The van der Waals surface area contributed by atoms with Gasteiger partial charge in [-0.1, -0.05) is 17.8 Å². The van der Waals surface area contributed by atoms with Crippen LogP contribution in [0.4, 0.5) is 0 Å². The van der Waals surface area contributed by atoms with E-state index in [0.29, 0.717) is 10.9 Å². The van der Waals surface area contributed by atoms with Crippen molar-refractivity contribution in [2.75, 3.05) is 13.1 Å². The van der Waals surface area contributed by atoms with Crippen molar-refractivity contribution in [3.8, 4) is 0 Å². The van der Waals surface area contributed by atoms with Crippen LogP contribution in [0.2, 0.25) is 0 Å². The molecule has 0 atom stereocenters. The van der Waals surface area contributed by atoms with Gasteiger partial charge in [-0.3, -0.25) is 4.79 Å². The molecule has 1 aromatic heterocycles. The van der Waals surface area contributed by atoms with Crippen LogP contribution in [0.25, 0.3) is 0 Å². The van der Waals surface area contributed by atoms with Crippen molar-refractivity contribution in [2.45, 2.75) is 38.6 Å². The minimum atomic E-state index is -0.00431. The summed E-state index contributed by atoms with van der Waals surface area (Å²) in [5.74, 6) is -0.00431. The Hall–Kier alpha value is -1.01. The van der Waals surface area contributed by atoms with Gasteiger partial charge in [0.15, 0.2) is 0 Å². The van der Waals surface area contributed by atoms with Gasteiger partial charge in [-0.05, 0) is 43.9 Å². The summed E-state index contributed by atoms with van der Waals surface area (Å²) in [5.41, 5.74) is 0.837. The molecule has 2 N–H and O–H groups in total. The van der Waals surface area contributed by atoms with E-state index in [9.17, 15) is 4.79 Å². The third-order valence-electron chi connectivity index (χ3n) is 2.92. The lowest BCUT2D eigenvalue weighted by atomic mass is 10.1. The Bertz CT molecular complexity index is 373. The molecule has 5 nitrogen and oxygen atoms in total. The van der Waals surface area contributed by atoms with E-state index in [1.807, 2.05) is 0 Å². The van der Waals surface area contributed by atoms with E-state index < -0.39 is 0 Å². The van der Waals surface area contributed by atoms with Crippen LogP contribution in [0.5, 0.6) is 0 Å². The lowest BCUT2D eigenvalue weighted by Crippen LogP contribution is -2.42. The van der Waals surface area contributed by atoms with E-state index in [-0.39, 0.29) is 5.91 Å². The number of carbonyl (C=O) groups excluding carboxylic acids is 1. The van der Waals surface area contributed by atoms with Crippen molar-refractivity contribution in [2.24, 2.45) is 0 Å². The summed E-state index contributed by atoms with van der Waals surface area (Å²) in [4.78, 5) is 12.8. The first kappa shape index (κ1) is 12.4. The van der Waals surface area contributed by atoms with E-state index in [1.165, 1.54) is 11.5 Å². The molecule has 1 amide bonds. The molecular formula is C11H18N4OS. The Morgan fingerprint density at radius 3 is 3.00 bits per heavy atom. The molecule has 1 aliphatic heterocycles. The first-order valence-electron chi connectivity index (χ1n) is 6.14. The molecule has 2 rings (SSSR count). The predicted molar refractivity (Wildman–Crippen MR) is 67.3 cm³/mol. The Balaban J connectivity index is 1.96. The summed E-state index contributed by atoms with van der Waals surface area (Å²) in [6, 6.07) is 0.292. The molecule has 0 radical (unpaired) electrons. The SMILES string of the molecule is CCCc1nnsc1C(=O)NC1CCNCC1. The summed E-state index contributed by atoms with van der Waals surface area (Å²) < 4.78 is 3.87. The second-order valence-corrected chi connectivity index (χ2v) is 5.05. The molecule has 1 aliphatic rings. The van der Waals surface area contributed by atoms with Crippen molar-refractivity contribution in [1.29, 1.82) is 0 Å². The Morgan fingerprint density at radius 2 is 2.29 bits per heavy atom. The molecule has 0 aliphatic carbocycles. The lowest BCUT2D eigenvalue weighted by Gasteiger charge is -2.23. The molecule has 94 valence electrons. The maximum Gasteiger partial charge on any atom is 0.265 e. The molecule has 1 saturated heterocycles. The largest absolute Gasteiger partial charge is 0.348 e. The zero-order valence-electron chi connectivity index (χ0n) is 10.0. The predicted octanol–water partition coefficient (Wildman–Crippen LogP) is 0.972. The van der Waals surface area contributed by atoms with Crippen LogP contribution in [0.1, 0.15) is 41.6 Å². The smallest absolute Gasteiger partial charge is 0.265 e. The average Bonchev–Trinajstić information content (AvgIpc) is 2.79. The number of amides is 1. The third kappa shape index (κ3) is 3.23. The highest BCUT2D eigenvalue weighted by atomic mass is 32.1. The number of carbonyl (C=O) groups is 1. The molecular weight excluding hydrogens is 236 g/mol. The minimum Gasteiger partial charge on any atom is -0.348 e. The molecule has 6 heteroatoms. The standard InChI is InChI=1S/C11H18N4OS/c1-2-3-9-10(17-15-14-9)11(16)13-8-4-6-12-7-5-8/h8,12H,2-7H2,1H3,(H,13,16). The Kier molecular flexibility index (Phi) is 4.44. The van der Waals surface area contributed by atoms with Gasteiger partial charge in [-0.25, -0.2) is 0 Å². The van der Waals surface area contributed by atoms with Gasteiger partial charge in [0.25, 0.3) is 5.91 Å². The van der Waals surface area contributed by atoms with Gasteiger partial charge in [-0.2, -0.15) is 0 Å². The lowest BCUT2D eigenvalue weighted by molar-refractivity contribution is 0.0932. The first-order chi connectivity index (χ1) is 8.31. The van der Waals surface area contributed by atoms with Gasteiger partial charge in [0.2, 0.25) is 0 Å². The molecule has 0 unspecified atom stereocenters. The normalized spacial score (nSPS) is 17.0. The number of nitrogens with one attached hydrogen (secondary N) is 2. The van der Waals surface area contributed by atoms with Gasteiger partial charge in [-0.15, -0.1) is 5.10 Å². The fourth-order valence-corrected chi connectivity index (χ4v) is 2.61. The highest BCUT2D eigenvalue weighted by Crippen LogP contribution is 2.13. The number of piperidine rings is 1. The van der Waals surface area contributed by atoms with Crippen LogP contribution in [0, 0.1) is 0 Å². The van der Waals surface area contributed by atoms with Crippen molar-refractivity contribution < 1.29 is 4.79 Å². The first-order valence-corrected chi connectivity index (χ1v) is 6.91. The zero-order chi connectivity index (χ0) is 12.1. The zero-order valence-corrected chi connectivity index (χ0v) is 10.8. The molecule has 17 heavy (non-hydrogen) atoms. The van der Waals surface area contributed by atoms with Gasteiger partial charge in [0, 0.05) is 6.04 Å². The van der Waals surface area contributed by atoms with Crippen LogP contribution >= 0.6 is 11.5 Å². The van der Waals surface area contributed by atoms with Gasteiger partial charge < -0.3 is 10.6 Å². The summed E-state index contributed by atoms with van der Waals surface area (Å²) in [6.45, 7) is 4.04. The summed E-state index contributed by atoms with van der Waals surface area (Å²) in [5, 5.41) is 10.4. The van der Waals surface area contributed by atoms with Crippen molar-refractivity contribution in [3.63, 3.8) is 0 Å². The van der Waals surface area contributed by atoms with Crippen LogP contribution < -0.4 is 10.6 Å². The third-order valence-corrected chi connectivity index (χ3v) is 3.69. The summed E-state index contributed by atoms with van der Waals surface area (Å²) >= 11 is 1.20. The molecule has 0 spiro atoms. The van der Waals surface area contributed by atoms with Crippen LogP contribution in [0.15, 0.2) is 0 Å². The fraction of sp³-hybridized carbons (Fsp3) is 0.727. The number of aryl methyl sites for hydroxylation is 1. The Morgan fingerprint density at radius 1 is 1.53 bits per heavy atom. The topological polar surface area (TPSA) is 66.9 Å². The highest BCUT2D eigenvalue weighted by molar-refractivity contribution is 7.08. The van der Waals surface area contributed by atoms with Crippen LogP contribution in [-0.2, 0) is 6.42 Å². The maximum absolute atomic E-state index is 12.1. The average molecular weight is 254 g/mol. The van der Waals surface area contributed by atoms with Crippen LogP contribution in [-0.4, -0.2) is 34.6 Å². The van der Waals surface area contributed by atoms with Gasteiger partial charge >= 0.3 is 0 Å². The number of rotatable bonds is 4. The van der Waals surface area contributed by atoms with Crippen molar-refractivity contribution >= 4 is 17.4 Å². The quantitative estimate of drug-likeness (QED) is 0.840. The molecule has 0 bridgehead atoms. The number of nitrogens with zero attached hydrogens (tertiary/aromatic N) is 2. The van der Waals surface area contributed by atoms with E-state index in [2.05, 4.69) is 27.1 Å². The van der Waals surface area contributed by atoms with Gasteiger partial charge in [0.05, 0.1) is 5.69 Å². The molecule has 2 heterocycles. The summed E-state index contributed by atoms with van der Waals surface area (Å²) in [7, 11) is 0. The van der Waals surface area contributed by atoms with E-state index in [0.717, 1.165) is 44.5 Å². The number of aromatic nitrogens is 2. The number of hydrogen-bond acceptors (Lipinski definition) is 5.